The van der Waals surface area contributed by atoms with Gasteiger partial charge in [-0.25, -0.2) is 14.9 Å². The number of hydrogen-bond donors (Lipinski definition) is 2. The number of benzene rings is 2. The molecule has 0 aliphatic rings. The van der Waals surface area contributed by atoms with Gasteiger partial charge in [-0.3, -0.25) is 0 Å². The Balaban J connectivity index is 1.50. The van der Waals surface area contributed by atoms with Crippen LogP contribution in [0.4, 0.5) is 0 Å². The number of carbonyl (C=O) groups is 1. The average Bonchev–Trinajstić information content (AvgIpc) is 3.54. The van der Waals surface area contributed by atoms with Crippen LogP contribution < -0.4 is 0 Å². The topological polar surface area (TPSA) is 119 Å². The van der Waals surface area contributed by atoms with E-state index in [1.54, 1.807) is 6.92 Å². The molecule has 0 saturated carbocycles. The Morgan fingerprint density at radius 2 is 1.86 bits per heavy atom. The van der Waals surface area contributed by atoms with Crippen molar-refractivity contribution in [3.8, 4) is 22.5 Å². The predicted molar refractivity (Wildman–Crippen MR) is 131 cm³/mol. The monoisotopic (exact) mass is 474 g/mol. The number of ether oxygens (including phenoxy) is 1. The zero-order valence-corrected chi connectivity index (χ0v) is 20.2. The van der Waals surface area contributed by atoms with Gasteiger partial charge in [-0.2, -0.15) is 0 Å². The quantitative estimate of drug-likeness (QED) is 0.325. The number of aliphatic hydroxyl groups excluding tert-OH is 1. The van der Waals surface area contributed by atoms with E-state index in [1.165, 1.54) is 0 Å². The molecule has 0 amide bonds. The number of unbranched alkanes of at least 4 members (excludes halogenated alkanes) is 1. The summed E-state index contributed by atoms with van der Waals surface area (Å²) >= 11 is 0. The fourth-order valence-electron chi connectivity index (χ4n) is 4.18. The fraction of sp³-hybridized carbons (Fsp3) is 0.346. The van der Waals surface area contributed by atoms with Gasteiger partial charge in [0.25, 0.3) is 0 Å². The highest BCUT2D eigenvalue weighted by Gasteiger charge is 2.25. The van der Waals surface area contributed by atoms with Gasteiger partial charge in [0.05, 0.1) is 11.8 Å². The molecule has 4 rings (SSSR count). The van der Waals surface area contributed by atoms with Crippen molar-refractivity contribution in [2.24, 2.45) is 0 Å². The van der Waals surface area contributed by atoms with Crippen molar-refractivity contribution in [3.05, 3.63) is 71.3 Å². The molecule has 35 heavy (non-hydrogen) atoms. The zero-order valence-electron chi connectivity index (χ0n) is 20.2. The smallest absolute Gasteiger partial charge is 0.359 e. The molecule has 0 aliphatic carbocycles. The van der Waals surface area contributed by atoms with E-state index in [-0.39, 0.29) is 12.3 Å². The highest BCUT2D eigenvalue weighted by atomic mass is 16.5. The number of hydrogen-bond acceptors (Lipinski definition) is 7. The summed E-state index contributed by atoms with van der Waals surface area (Å²) in [6.45, 7) is 6.48. The summed E-state index contributed by atoms with van der Waals surface area (Å²) in [5.74, 6) is 0.873. The third-order valence-electron chi connectivity index (χ3n) is 5.91. The summed E-state index contributed by atoms with van der Waals surface area (Å²) < 4.78 is 7.52. The molecule has 1 unspecified atom stereocenters. The van der Waals surface area contributed by atoms with Gasteiger partial charge in [-0.05, 0) is 47.4 Å². The molecule has 182 valence electrons. The van der Waals surface area contributed by atoms with Crippen LogP contribution in [0.2, 0.25) is 0 Å². The highest BCUT2D eigenvalue weighted by Crippen LogP contribution is 2.30. The van der Waals surface area contributed by atoms with Crippen molar-refractivity contribution in [2.75, 3.05) is 0 Å². The normalized spacial score (nSPS) is 12.0. The average molecular weight is 475 g/mol. The molecular weight excluding hydrogens is 444 g/mol. The molecule has 0 aliphatic heterocycles. The van der Waals surface area contributed by atoms with Crippen LogP contribution in [0.15, 0.2) is 48.5 Å². The van der Waals surface area contributed by atoms with Crippen molar-refractivity contribution >= 4 is 5.97 Å². The predicted octanol–water partition coefficient (Wildman–Crippen LogP) is 4.50. The third kappa shape index (κ3) is 5.30. The third-order valence-corrected chi connectivity index (χ3v) is 5.91. The maximum absolute atomic E-state index is 12.9. The van der Waals surface area contributed by atoms with Crippen molar-refractivity contribution in [1.82, 2.24) is 30.2 Å². The number of carbonyl (C=O) groups excluding carboxylic acids is 1. The second-order valence-electron chi connectivity index (χ2n) is 8.35. The van der Waals surface area contributed by atoms with Crippen LogP contribution >= 0.6 is 0 Å². The first kappa shape index (κ1) is 24.3. The summed E-state index contributed by atoms with van der Waals surface area (Å²) in [4.78, 5) is 17.5. The van der Waals surface area contributed by atoms with Crippen LogP contribution in [0.5, 0.6) is 0 Å². The lowest BCUT2D eigenvalue weighted by molar-refractivity contribution is 0.0459. The number of aromatic amines is 1. The molecular formula is C26H30N6O3. The molecule has 1 atom stereocenters. The van der Waals surface area contributed by atoms with E-state index in [1.807, 2.05) is 60.0 Å². The Morgan fingerprint density at radius 3 is 2.49 bits per heavy atom. The van der Waals surface area contributed by atoms with Gasteiger partial charge < -0.3 is 14.4 Å². The molecule has 2 aromatic carbocycles. The first-order chi connectivity index (χ1) is 17.0. The van der Waals surface area contributed by atoms with E-state index in [2.05, 4.69) is 32.5 Å². The molecule has 2 heterocycles. The maximum atomic E-state index is 12.9. The molecule has 2 aromatic heterocycles. The second-order valence-corrected chi connectivity index (χ2v) is 8.35. The Morgan fingerprint density at radius 1 is 1.11 bits per heavy atom. The van der Waals surface area contributed by atoms with Crippen LogP contribution in [-0.2, 0) is 24.3 Å². The summed E-state index contributed by atoms with van der Waals surface area (Å²) in [6.07, 6.45) is 1.92. The van der Waals surface area contributed by atoms with E-state index in [0.717, 1.165) is 47.3 Å². The molecule has 0 saturated heterocycles. The van der Waals surface area contributed by atoms with Gasteiger partial charge in [-0.1, -0.05) is 61.9 Å². The van der Waals surface area contributed by atoms with Crippen molar-refractivity contribution < 1.29 is 14.6 Å². The van der Waals surface area contributed by atoms with Crippen LogP contribution in [0.3, 0.4) is 0 Å². The molecule has 0 fully saturated rings. The summed E-state index contributed by atoms with van der Waals surface area (Å²) in [5, 5.41) is 24.5. The van der Waals surface area contributed by atoms with Crippen LogP contribution in [0.1, 0.15) is 67.3 Å². The number of aliphatic hydroxyl groups is 1. The number of nitrogens with zero attached hydrogens (tertiary/aromatic N) is 5. The van der Waals surface area contributed by atoms with Crippen LogP contribution in [0, 0.1) is 0 Å². The van der Waals surface area contributed by atoms with Gasteiger partial charge in [-0.15, -0.1) is 5.10 Å². The molecule has 4 aromatic rings. The Bertz CT molecular complexity index is 1260. The minimum absolute atomic E-state index is 0.106. The lowest BCUT2D eigenvalue weighted by Gasteiger charge is -2.12. The van der Waals surface area contributed by atoms with Crippen LogP contribution in [0.25, 0.3) is 22.5 Å². The lowest BCUT2D eigenvalue weighted by Crippen LogP contribution is -2.13. The zero-order chi connectivity index (χ0) is 24.8. The van der Waals surface area contributed by atoms with Gasteiger partial charge in [0.15, 0.2) is 11.5 Å². The summed E-state index contributed by atoms with van der Waals surface area (Å²) in [6, 6.07) is 15.6. The van der Waals surface area contributed by atoms with E-state index in [0.29, 0.717) is 18.1 Å². The first-order valence-corrected chi connectivity index (χ1v) is 11.9. The van der Waals surface area contributed by atoms with Crippen molar-refractivity contribution in [2.45, 2.75) is 59.3 Å². The van der Waals surface area contributed by atoms with Gasteiger partial charge >= 0.3 is 5.97 Å². The Kier molecular flexibility index (Phi) is 7.67. The van der Waals surface area contributed by atoms with E-state index >= 15 is 0 Å². The largest absolute Gasteiger partial charge is 0.456 e. The van der Waals surface area contributed by atoms with Crippen LogP contribution in [-0.4, -0.2) is 41.3 Å². The van der Waals surface area contributed by atoms with E-state index < -0.39 is 12.1 Å². The molecule has 0 radical (unpaired) electrons. The van der Waals surface area contributed by atoms with Gasteiger partial charge in [0, 0.05) is 18.5 Å². The number of imidazole rings is 1. The minimum Gasteiger partial charge on any atom is -0.456 e. The van der Waals surface area contributed by atoms with Crippen molar-refractivity contribution in [3.63, 3.8) is 0 Å². The molecule has 2 N–H and O–H groups in total. The number of esters is 1. The van der Waals surface area contributed by atoms with Gasteiger partial charge in [0.2, 0.25) is 0 Å². The highest BCUT2D eigenvalue weighted by molar-refractivity contribution is 5.89. The number of H-pyrrole nitrogens is 1. The minimum atomic E-state index is -0.820. The van der Waals surface area contributed by atoms with E-state index in [4.69, 9.17) is 4.74 Å². The number of aromatic nitrogens is 6. The van der Waals surface area contributed by atoms with Gasteiger partial charge in [0.1, 0.15) is 12.4 Å². The molecule has 9 heteroatoms. The Hall–Kier alpha value is -3.85. The lowest BCUT2D eigenvalue weighted by atomic mass is 9.98. The fourth-order valence-corrected chi connectivity index (χ4v) is 4.18. The number of aryl methyl sites for hydroxylation is 1. The number of tetrazole rings is 1. The molecule has 9 nitrogen and oxygen atoms in total. The Labute approximate surface area is 204 Å². The van der Waals surface area contributed by atoms with Crippen molar-refractivity contribution in [1.29, 1.82) is 0 Å². The van der Waals surface area contributed by atoms with E-state index in [9.17, 15) is 9.90 Å². The summed E-state index contributed by atoms with van der Waals surface area (Å²) in [5.41, 5.74) is 4.43. The molecule has 0 bridgehead atoms. The SMILES string of the molecule is CCCCc1nc(C(=O)OCc2ccc(-c3ccccc3-c3nnn[nH]3)cc2)c(C(C)O)n1CC. The molecule has 0 spiro atoms. The number of nitrogens with one attached hydrogen (secondary N) is 1. The maximum Gasteiger partial charge on any atom is 0.359 e. The standard InChI is InChI=1S/C26H30N6O3/c1-4-6-11-22-27-23(24(17(3)33)32(22)5-2)26(34)35-16-18-12-14-19(15-13-18)20-9-7-8-10-21(20)25-28-30-31-29-25/h7-10,12-15,17,33H,4-6,11,16H2,1-3H3,(H,28,29,30,31). The summed E-state index contributed by atoms with van der Waals surface area (Å²) in [7, 11) is 0. The first-order valence-electron chi connectivity index (χ1n) is 11.9. The second kappa shape index (κ2) is 11.1. The number of rotatable bonds is 10.